The molecule has 0 heterocycles. The van der Waals surface area contributed by atoms with Gasteiger partial charge in [0.2, 0.25) is 11.6 Å². The van der Waals surface area contributed by atoms with E-state index < -0.39 is 11.6 Å². The number of rotatable bonds is 0. The Kier molecular flexibility index (Phi) is 8.03. The van der Waals surface area contributed by atoms with Crippen LogP contribution in [0.5, 0.6) is 0 Å². The smallest absolute Gasteiger partial charge is 0.218 e. The molecule has 1 aliphatic rings. The standard InChI is InChI=1S/C16H32O4/c17-15(18)13-11-9-7-5-3-1-2-4-6-8-10-12-14-16(15,19)20/h17-20H,1-14H2. The zero-order chi connectivity index (χ0) is 14.9. The highest BCUT2D eigenvalue weighted by atomic mass is 16.6. The van der Waals surface area contributed by atoms with E-state index in [4.69, 9.17) is 0 Å². The van der Waals surface area contributed by atoms with Crippen LogP contribution in [0.15, 0.2) is 0 Å². The Morgan fingerprint density at radius 1 is 0.350 bits per heavy atom. The Labute approximate surface area is 122 Å². The summed E-state index contributed by atoms with van der Waals surface area (Å²) in [6.07, 6.45) is 12.8. The fraction of sp³-hybridized carbons (Fsp3) is 1.00. The Bertz CT molecular complexity index is 225. The van der Waals surface area contributed by atoms with Crippen molar-refractivity contribution in [2.75, 3.05) is 0 Å². The summed E-state index contributed by atoms with van der Waals surface area (Å²) in [6.45, 7) is 0. The average molecular weight is 288 g/mol. The Hall–Kier alpha value is -0.160. The van der Waals surface area contributed by atoms with Gasteiger partial charge in [0.15, 0.2) is 0 Å². The maximum Gasteiger partial charge on any atom is 0.218 e. The monoisotopic (exact) mass is 288 g/mol. The molecule has 0 saturated heterocycles. The maximum absolute atomic E-state index is 9.87. The molecule has 0 atom stereocenters. The van der Waals surface area contributed by atoms with Gasteiger partial charge in [0.1, 0.15) is 0 Å². The van der Waals surface area contributed by atoms with Crippen molar-refractivity contribution >= 4 is 0 Å². The van der Waals surface area contributed by atoms with Crippen molar-refractivity contribution in [2.45, 2.75) is 101 Å². The van der Waals surface area contributed by atoms with Crippen LogP contribution in [-0.2, 0) is 0 Å². The fourth-order valence-corrected chi connectivity index (χ4v) is 2.91. The van der Waals surface area contributed by atoms with Crippen molar-refractivity contribution in [3.8, 4) is 0 Å². The minimum atomic E-state index is -2.38. The van der Waals surface area contributed by atoms with E-state index in [1.165, 1.54) is 38.5 Å². The topological polar surface area (TPSA) is 80.9 Å². The van der Waals surface area contributed by atoms with Gasteiger partial charge in [0.25, 0.3) is 0 Å². The van der Waals surface area contributed by atoms with Crippen molar-refractivity contribution < 1.29 is 20.4 Å². The van der Waals surface area contributed by atoms with E-state index in [9.17, 15) is 20.4 Å². The van der Waals surface area contributed by atoms with Gasteiger partial charge in [-0.2, -0.15) is 0 Å². The molecular formula is C16H32O4. The lowest BCUT2D eigenvalue weighted by Gasteiger charge is -2.35. The van der Waals surface area contributed by atoms with Crippen LogP contribution in [0.2, 0.25) is 0 Å². The molecule has 0 radical (unpaired) electrons. The highest BCUT2D eigenvalue weighted by molar-refractivity contribution is 4.82. The predicted molar refractivity (Wildman–Crippen MR) is 79.0 cm³/mol. The number of hydrogen-bond donors (Lipinski definition) is 4. The van der Waals surface area contributed by atoms with E-state index in [-0.39, 0.29) is 12.8 Å². The Balaban J connectivity index is 2.44. The molecule has 0 bridgehead atoms. The van der Waals surface area contributed by atoms with Crippen LogP contribution < -0.4 is 0 Å². The summed E-state index contributed by atoms with van der Waals surface area (Å²) in [6, 6.07) is 0. The molecule has 0 unspecified atom stereocenters. The van der Waals surface area contributed by atoms with Crippen LogP contribution in [0.3, 0.4) is 0 Å². The molecule has 4 heteroatoms. The van der Waals surface area contributed by atoms with E-state index in [0.717, 1.165) is 25.7 Å². The summed E-state index contributed by atoms with van der Waals surface area (Å²) < 4.78 is 0. The molecule has 1 fully saturated rings. The van der Waals surface area contributed by atoms with Gasteiger partial charge in [-0.15, -0.1) is 0 Å². The van der Waals surface area contributed by atoms with Crippen LogP contribution >= 0.6 is 0 Å². The molecule has 0 aromatic rings. The number of hydrogen-bond acceptors (Lipinski definition) is 4. The highest BCUT2D eigenvalue weighted by Gasteiger charge is 2.45. The minimum Gasteiger partial charge on any atom is -0.361 e. The Morgan fingerprint density at radius 3 is 0.800 bits per heavy atom. The molecule has 1 aliphatic carbocycles. The summed E-state index contributed by atoms with van der Waals surface area (Å²) in [7, 11) is 0. The largest absolute Gasteiger partial charge is 0.361 e. The quantitative estimate of drug-likeness (QED) is 0.517. The average Bonchev–Trinajstić information content (AvgIpc) is 2.37. The van der Waals surface area contributed by atoms with Crippen LogP contribution in [-0.4, -0.2) is 32.0 Å². The molecule has 4 N–H and O–H groups in total. The van der Waals surface area contributed by atoms with Gasteiger partial charge >= 0.3 is 0 Å². The van der Waals surface area contributed by atoms with Crippen LogP contribution in [0.25, 0.3) is 0 Å². The van der Waals surface area contributed by atoms with Crippen molar-refractivity contribution in [1.82, 2.24) is 0 Å². The SMILES string of the molecule is OC1(O)CCCCCCCCCCCCCCC1(O)O. The van der Waals surface area contributed by atoms with Crippen LogP contribution in [0.4, 0.5) is 0 Å². The maximum atomic E-state index is 9.87. The predicted octanol–water partition coefficient (Wildman–Crippen LogP) is 2.82. The molecule has 120 valence electrons. The zero-order valence-corrected chi connectivity index (χ0v) is 12.7. The lowest BCUT2D eigenvalue weighted by atomic mass is 9.93. The van der Waals surface area contributed by atoms with Crippen LogP contribution in [0.1, 0.15) is 89.9 Å². The van der Waals surface area contributed by atoms with Gasteiger partial charge in [0.05, 0.1) is 0 Å². The van der Waals surface area contributed by atoms with E-state index in [1.54, 1.807) is 0 Å². The molecule has 0 amide bonds. The van der Waals surface area contributed by atoms with E-state index in [1.807, 2.05) is 0 Å². The molecule has 4 nitrogen and oxygen atoms in total. The molecule has 0 aromatic carbocycles. The highest BCUT2D eigenvalue weighted by Crippen LogP contribution is 2.29. The third kappa shape index (κ3) is 6.53. The van der Waals surface area contributed by atoms with Crippen LogP contribution in [0, 0.1) is 0 Å². The molecule has 1 saturated carbocycles. The van der Waals surface area contributed by atoms with Crippen molar-refractivity contribution in [1.29, 1.82) is 0 Å². The van der Waals surface area contributed by atoms with Gasteiger partial charge in [-0.05, 0) is 12.8 Å². The summed E-state index contributed by atoms with van der Waals surface area (Å²) in [5.74, 6) is -4.77. The molecule has 0 aliphatic heterocycles. The second-order valence-electron chi connectivity index (χ2n) is 6.38. The first-order valence-electron chi connectivity index (χ1n) is 8.35. The molecule has 1 rings (SSSR count). The van der Waals surface area contributed by atoms with E-state index in [0.29, 0.717) is 12.8 Å². The van der Waals surface area contributed by atoms with E-state index >= 15 is 0 Å². The third-order valence-electron chi connectivity index (χ3n) is 4.44. The van der Waals surface area contributed by atoms with Crippen molar-refractivity contribution in [2.24, 2.45) is 0 Å². The lowest BCUT2D eigenvalue weighted by molar-refractivity contribution is -0.361. The first kappa shape index (κ1) is 17.9. The minimum absolute atomic E-state index is 0.0278. The fourth-order valence-electron chi connectivity index (χ4n) is 2.91. The summed E-state index contributed by atoms with van der Waals surface area (Å²) in [4.78, 5) is 0. The summed E-state index contributed by atoms with van der Waals surface area (Å²) in [5, 5.41) is 39.5. The summed E-state index contributed by atoms with van der Waals surface area (Å²) >= 11 is 0. The van der Waals surface area contributed by atoms with Gasteiger partial charge in [0, 0.05) is 12.8 Å². The second-order valence-corrected chi connectivity index (χ2v) is 6.38. The van der Waals surface area contributed by atoms with Gasteiger partial charge < -0.3 is 20.4 Å². The normalized spacial score (nSPS) is 27.0. The zero-order valence-electron chi connectivity index (χ0n) is 12.7. The van der Waals surface area contributed by atoms with Gasteiger partial charge in [-0.3, -0.25) is 0 Å². The van der Waals surface area contributed by atoms with Crippen molar-refractivity contribution in [3.63, 3.8) is 0 Å². The molecule has 0 spiro atoms. The van der Waals surface area contributed by atoms with E-state index in [2.05, 4.69) is 0 Å². The first-order valence-corrected chi connectivity index (χ1v) is 8.35. The molecular weight excluding hydrogens is 256 g/mol. The lowest BCUT2D eigenvalue weighted by Crippen LogP contribution is -2.54. The number of aliphatic hydroxyl groups is 4. The van der Waals surface area contributed by atoms with Gasteiger partial charge in [-0.25, -0.2) is 0 Å². The third-order valence-corrected chi connectivity index (χ3v) is 4.44. The molecule has 20 heavy (non-hydrogen) atoms. The van der Waals surface area contributed by atoms with Gasteiger partial charge in [-0.1, -0.05) is 64.2 Å². The second kappa shape index (κ2) is 8.98. The Morgan fingerprint density at radius 2 is 0.550 bits per heavy atom. The van der Waals surface area contributed by atoms with Crippen molar-refractivity contribution in [3.05, 3.63) is 0 Å². The summed E-state index contributed by atoms with van der Waals surface area (Å²) in [5.41, 5.74) is 0. The first-order chi connectivity index (χ1) is 9.46. The molecule has 0 aromatic heterocycles.